The lowest BCUT2D eigenvalue weighted by atomic mass is 9.79. The summed E-state index contributed by atoms with van der Waals surface area (Å²) >= 11 is 0. The standard InChI is InChI=1S/C11H19N2O2/c1-13(2)10(15)8-11(12-9-14)6-4-3-5-7-11/h3-8H2,1-2H3,(H,12,14). The summed E-state index contributed by atoms with van der Waals surface area (Å²) < 4.78 is 0. The van der Waals surface area contributed by atoms with E-state index in [2.05, 4.69) is 5.32 Å². The molecule has 0 heterocycles. The Labute approximate surface area is 91.0 Å². The Morgan fingerprint density at radius 1 is 1.33 bits per heavy atom. The summed E-state index contributed by atoms with van der Waals surface area (Å²) in [5, 5.41) is 2.73. The second-order valence-corrected chi connectivity index (χ2v) is 4.53. The van der Waals surface area contributed by atoms with Crippen LogP contribution in [-0.4, -0.2) is 36.9 Å². The van der Waals surface area contributed by atoms with Crippen LogP contribution < -0.4 is 5.32 Å². The molecule has 0 aromatic carbocycles. The highest BCUT2D eigenvalue weighted by Gasteiger charge is 2.34. The Bertz CT molecular complexity index is 233. The summed E-state index contributed by atoms with van der Waals surface area (Å²) in [5.41, 5.74) is -0.332. The highest BCUT2D eigenvalue weighted by molar-refractivity contribution is 5.77. The van der Waals surface area contributed by atoms with E-state index in [-0.39, 0.29) is 11.4 Å². The number of hydrogen-bond donors (Lipinski definition) is 1. The SMILES string of the molecule is CN(C)C(=O)CC1(N[C]=O)CCCCC1. The van der Waals surface area contributed by atoms with Crippen molar-refractivity contribution >= 4 is 12.3 Å². The van der Waals surface area contributed by atoms with E-state index in [4.69, 9.17) is 0 Å². The highest BCUT2D eigenvalue weighted by atomic mass is 16.2. The number of carbonyl (C=O) groups is 1. The molecule has 0 aromatic heterocycles. The molecular weight excluding hydrogens is 192 g/mol. The molecule has 4 nitrogen and oxygen atoms in total. The van der Waals surface area contributed by atoms with Gasteiger partial charge in [-0.1, -0.05) is 19.3 Å². The average molecular weight is 211 g/mol. The molecule has 0 saturated heterocycles. The summed E-state index contributed by atoms with van der Waals surface area (Å²) in [4.78, 5) is 23.7. The van der Waals surface area contributed by atoms with Crippen LogP contribution in [0.2, 0.25) is 0 Å². The number of nitrogens with one attached hydrogen (secondary N) is 1. The van der Waals surface area contributed by atoms with E-state index in [0.717, 1.165) is 25.7 Å². The van der Waals surface area contributed by atoms with Crippen molar-refractivity contribution in [1.29, 1.82) is 0 Å². The number of amides is 2. The molecule has 1 aliphatic rings. The van der Waals surface area contributed by atoms with Gasteiger partial charge in [0.2, 0.25) is 5.91 Å². The van der Waals surface area contributed by atoms with Gasteiger partial charge in [-0.25, -0.2) is 0 Å². The van der Waals surface area contributed by atoms with Crippen LogP contribution in [0.25, 0.3) is 0 Å². The van der Waals surface area contributed by atoms with Gasteiger partial charge in [0.05, 0.1) is 0 Å². The molecule has 1 fully saturated rings. The molecule has 1 aliphatic carbocycles. The van der Waals surface area contributed by atoms with Gasteiger partial charge in [0.1, 0.15) is 0 Å². The molecule has 1 rings (SSSR count). The van der Waals surface area contributed by atoms with Gasteiger partial charge in [-0.3, -0.25) is 9.59 Å². The Morgan fingerprint density at radius 2 is 1.93 bits per heavy atom. The van der Waals surface area contributed by atoms with Crippen LogP contribution in [-0.2, 0) is 9.59 Å². The average Bonchev–Trinajstić information content (AvgIpc) is 2.19. The fourth-order valence-corrected chi connectivity index (χ4v) is 2.13. The Morgan fingerprint density at radius 3 is 2.40 bits per heavy atom. The molecule has 2 amide bonds. The zero-order valence-electron chi connectivity index (χ0n) is 9.51. The van der Waals surface area contributed by atoms with Gasteiger partial charge in [0.25, 0.3) is 0 Å². The molecule has 85 valence electrons. The second kappa shape index (κ2) is 5.14. The van der Waals surface area contributed by atoms with Gasteiger partial charge >= 0.3 is 6.41 Å². The third kappa shape index (κ3) is 3.22. The predicted molar refractivity (Wildman–Crippen MR) is 58.0 cm³/mol. The van der Waals surface area contributed by atoms with Crippen molar-refractivity contribution in [2.45, 2.75) is 44.1 Å². The number of rotatable bonds is 4. The number of hydrogen-bond acceptors (Lipinski definition) is 2. The van der Waals surface area contributed by atoms with E-state index in [1.807, 2.05) is 0 Å². The molecule has 1 radical (unpaired) electrons. The maximum absolute atomic E-state index is 11.6. The third-order valence-electron chi connectivity index (χ3n) is 3.12. The normalized spacial score (nSPS) is 19.3. The maximum atomic E-state index is 11.6. The van der Waals surface area contributed by atoms with Crippen LogP contribution in [0.3, 0.4) is 0 Å². The van der Waals surface area contributed by atoms with Crippen molar-refractivity contribution in [2.75, 3.05) is 14.1 Å². The molecule has 0 unspecified atom stereocenters. The van der Waals surface area contributed by atoms with Gasteiger partial charge in [-0.15, -0.1) is 0 Å². The lowest BCUT2D eigenvalue weighted by Crippen LogP contribution is -2.49. The monoisotopic (exact) mass is 211 g/mol. The summed E-state index contributed by atoms with van der Waals surface area (Å²) in [5.74, 6) is 0.0691. The van der Waals surface area contributed by atoms with Crippen molar-refractivity contribution in [3.63, 3.8) is 0 Å². The zero-order chi connectivity index (χ0) is 11.3. The topological polar surface area (TPSA) is 49.4 Å². The van der Waals surface area contributed by atoms with Crippen LogP contribution >= 0.6 is 0 Å². The van der Waals surface area contributed by atoms with Crippen LogP contribution in [0.1, 0.15) is 38.5 Å². The fraction of sp³-hybridized carbons (Fsp3) is 0.818. The minimum atomic E-state index is -0.332. The quantitative estimate of drug-likeness (QED) is 0.700. The number of carbonyl (C=O) groups excluding carboxylic acids is 2. The molecule has 0 bridgehead atoms. The molecule has 0 atom stereocenters. The van der Waals surface area contributed by atoms with Crippen LogP contribution in [0.4, 0.5) is 0 Å². The first-order valence-corrected chi connectivity index (χ1v) is 5.44. The minimum absolute atomic E-state index is 0.0691. The number of nitrogens with zero attached hydrogens (tertiary/aromatic N) is 1. The van der Waals surface area contributed by atoms with Crippen molar-refractivity contribution in [1.82, 2.24) is 10.2 Å². The fourth-order valence-electron chi connectivity index (χ4n) is 2.13. The van der Waals surface area contributed by atoms with Gasteiger partial charge in [0, 0.05) is 26.1 Å². The highest BCUT2D eigenvalue weighted by Crippen LogP contribution is 2.31. The zero-order valence-corrected chi connectivity index (χ0v) is 9.51. The predicted octanol–water partition coefficient (Wildman–Crippen LogP) is 0.824. The molecule has 0 aromatic rings. The summed E-state index contributed by atoms with van der Waals surface area (Å²) in [6, 6.07) is 0. The van der Waals surface area contributed by atoms with Gasteiger partial charge in [0.15, 0.2) is 0 Å². The summed E-state index contributed by atoms with van der Waals surface area (Å²) in [6.07, 6.45) is 7.28. The van der Waals surface area contributed by atoms with E-state index in [1.54, 1.807) is 25.4 Å². The first-order chi connectivity index (χ1) is 7.09. The molecule has 1 N–H and O–H groups in total. The lowest BCUT2D eigenvalue weighted by molar-refractivity contribution is -0.130. The van der Waals surface area contributed by atoms with Crippen molar-refractivity contribution in [2.24, 2.45) is 0 Å². The van der Waals surface area contributed by atoms with Gasteiger partial charge in [-0.05, 0) is 12.8 Å². The van der Waals surface area contributed by atoms with Crippen LogP contribution in [0, 0.1) is 0 Å². The van der Waals surface area contributed by atoms with Crippen molar-refractivity contribution in [3.05, 3.63) is 0 Å². The van der Waals surface area contributed by atoms with Crippen LogP contribution in [0.15, 0.2) is 0 Å². The minimum Gasteiger partial charge on any atom is -0.349 e. The second-order valence-electron chi connectivity index (χ2n) is 4.53. The van der Waals surface area contributed by atoms with Crippen LogP contribution in [0.5, 0.6) is 0 Å². The van der Waals surface area contributed by atoms with E-state index in [1.165, 1.54) is 6.42 Å². The first kappa shape index (κ1) is 12.0. The van der Waals surface area contributed by atoms with Gasteiger partial charge in [-0.2, -0.15) is 0 Å². The molecule has 0 aliphatic heterocycles. The molecule has 15 heavy (non-hydrogen) atoms. The first-order valence-electron chi connectivity index (χ1n) is 5.44. The molecular formula is C11H19N2O2. The largest absolute Gasteiger partial charge is 0.349 e. The van der Waals surface area contributed by atoms with E-state index >= 15 is 0 Å². The lowest BCUT2D eigenvalue weighted by Gasteiger charge is -2.36. The van der Waals surface area contributed by atoms with Gasteiger partial charge < -0.3 is 10.2 Å². The van der Waals surface area contributed by atoms with E-state index in [9.17, 15) is 9.59 Å². The van der Waals surface area contributed by atoms with Crippen molar-refractivity contribution in [3.8, 4) is 0 Å². The van der Waals surface area contributed by atoms with E-state index in [0.29, 0.717) is 6.42 Å². The molecule has 0 spiro atoms. The molecule has 4 heteroatoms. The van der Waals surface area contributed by atoms with Crippen molar-refractivity contribution < 1.29 is 9.59 Å². The summed E-state index contributed by atoms with van der Waals surface area (Å²) in [7, 11) is 3.48. The Balaban J connectivity index is 2.63. The van der Waals surface area contributed by atoms with E-state index < -0.39 is 0 Å². The summed E-state index contributed by atoms with van der Waals surface area (Å²) in [6.45, 7) is 0. The maximum Gasteiger partial charge on any atom is 0.309 e. The Kier molecular flexibility index (Phi) is 4.12. The Hall–Kier alpha value is -1.06. The smallest absolute Gasteiger partial charge is 0.309 e. The third-order valence-corrected chi connectivity index (χ3v) is 3.12. The molecule has 1 saturated carbocycles.